The number of nitro groups is 1. The molecule has 2 aromatic rings. The van der Waals surface area contributed by atoms with Crippen LogP contribution in [0.15, 0.2) is 48.5 Å². The Morgan fingerprint density at radius 3 is 2.53 bits per heavy atom. The van der Waals surface area contributed by atoms with Crippen molar-refractivity contribution in [1.82, 2.24) is 0 Å². The van der Waals surface area contributed by atoms with Gasteiger partial charge in [0.1, 0.15) is 5.75 Å². The Balaban J connectivity index is 2.33. The highest BCUT2D eigenvalue weighted by Crippen LogP contribution is 2.32. The van der Waals surface area contributed by atoms with Crippen LogP contribution in [0.2, 0.25) is 0 Å². The summed E-state index contributed by atoms with van der Waals surface area (Å²) in [6, 6.07) is 12.9. The quantitative estimate of drug-likeness (QED) is 0.507. The van der Waals surface area contributed by atoms with Crippen LogP contribution in [0.3, 0.4) is 0 Å². The third-order valence-corrected chi connectivity index (χ3v) is 2.36. The molecule has 2 rings (SSSR count). The van der Waals surface area contributed by atoms with Gasteiger partial charge in [0.15, 0.2) is 5.75 Å². The van der Waals surface area contributed by atoms with E-state index in [0.29, 0.717) is 17.9 Å². The maximum atomic E-state index is 10.7. The van der Waals surface area contributed by atoms with Crippen molar-refractivity contribution in [2.75, 3.05) is 5.32 Å². The Hall–Kier alpha value is -2.89. The second kappa shape index (κ2) is 5.63. The molecule has 0 aliphatic carbocycles. The number of hydrogen-bond donors (Lipinski definition) is 1. The fourth-order valence-corrected chi connectivity index (χ4v) is 1.51. The van der Waals surface area contributed by atoms with Gasteiger partial charge in [-0.25, -0.2) is 0 Å². The summed E-state index contributed by atoms with van der Waals surface area (Å²) in [5, 5.41) is 13.1. The Labute approximate surface area is 108 Å². The van der Waals surface area contributed by atoms with Crippen LogP contribution in [-0.2, 0) is 4.79 Å². The first-order chi connectivity index (χ1) is 9.20. The smallest absolute Gasteiger partial charge is 0.271 e. The van der Waals surface area contributed by atoms with E-state index >= 15 is 0 Å². The SMILES string of the molecule is O=CNc1cc([N+](=O)[O-])ccc1Oc1ccccc1. The standard InChI is InChI=1S/C13H10N2O4/c16-9-14-12-8-10(15(17)18)6-7-13(12)19-11-4-2-1-3-5-11/h1-9H,(H,14,16). The number of ether oxygens (including phenoxy) is 1. The Morgan fingerprint density at radius 2 is 1.89 bits per heavy atom. The molecule has 0 bridgehead atoms. The molecule has 19 heavy (non-hydrogen) atoms. The number of amides is 1. The van der Waals surface area contributed by atoms with Crippen LogP contribution in [0.5, 0.6) is 11.5 Å². The van der Waals surface area contributed by atoms with Crippen LogP contribution in [0, 0.1) is 10.1 Å². The minimum Gasteiger partial charge on any atom is -0.455 e. The maximum absolute atomic E-state index is 10.7. The van der Waals surface area contributed by atoms with Crippen molar-refractivity contribution >= 4 is 17.8 Å². The van der Waals surface area contributed by atoms with Crippen LogP contribution in [0.25, 0.3) is 0 Å². The van der Waals surface area contributed by atoms with E-state index in [9.17, 15) is 14.9 Å². The molecule has 6 heteroatoms. The molecule has 0 saturated carbocycles. The van der Waals surface area contributed by atoms with E-state index in [1.165, 1.54) is 18.2 Å². The van der Waals surface area contributed by atoms with Crippen LogP contribution >= 0.6 is 0 Å². The van der Waals surface area contributed by atoms with Crippen molar-refractivity contribution in [3.05, 3.63) is 58.6 Å². The lowest BCUT2D eigenvalue weighted by Gasteiger charge is -2.09. The zero-order valence-electron chi connectivity index (χ0n) is 9.78. The second-order valence-corrected chi connectivity index (χ2v) is 3.61. The van der Waals surface area contributed by atoms with Crippen molar-refractivity contribution < 1.29 is 14.5 Å². The van der Waals surface area contributed by atoms with Crippen LogP contribution in [0.4, 0.5) is 11.4 Å². The van der Waals surface area contributed by atoms with Gasteiger partial charge in [-0.15, -0.1) is 0 Å². The predicted octanol–water partition coefficient (Wildman–Crippen LogP) is 2.96. The van der Waals surface area contributed by atoms with Gasteiger partial charge in [-0.2, -0.15) is 0 Å². The average Bonchev–Trinajstić information content (AvgIpc) is 2.42. The highest BCUT2D eigenvalue weighted by Gasteiger charge is 2.12. The summed E-state index contributed by atoms with van der Waals surface area (Å²) in [5.41, 5.74) is 0.123. The number of hydrogen-bond acceptors (Lipinski definition) is 4. The predicted molar refractivity (Wildman–Crippen MR) is 69.3 cm³/mol. The molecule has 2 aromatic carbocycles. The van der Waals surface area contributed by atoms with Crippen LogP contribution in [0.1, 0.15) is 0 Å². The van der Waals surface area contributed by atoms with E-state index in [1.807, 2.05) is 6.07 Å². The van der Waals surface area contributed by atoms with E-state index in [1.54, 1.807) is 24.3 Å². The summed E-state index contributed by atoms with van der Waals surface area (Å²) in [6.07, 6.45) is 0.441. The van der Waals surface area contributed by atoms with Gasteiger partial charge in [0.2, 0.25) is 6.41 Å². The van der Waals surface area contributed by atoms with Gasteiger partial charge < -0.3 is 10.1 Å². The molecule has 0 atom stereocenters. The minimum atomic E-state index is -0.539. The highest BCUT2D eigenvalue weighted by atomic mass is 16.6. The van der Waals surface area contributed by atoms with Gasteiger partial charge in [-0.3, -0.25) is 14.9 Å². The number of anilines is 1. The molecule has 0 fully saturated rings. The zero-order valence-corrected chi connectivity index (χ0v) is 9.78. The molecule has 0 aliphatic heterocycles. The molecule has 0 aromatic heterocycles. The van der Waals surface area contributed by atoms with Crippen molar-refractivity contribution in [3.8, 4) is 11.5 Å². The zero-order chi connectivity index (χ0) is 13.7. The lowest BCUT2D eigenvalue weighted by atomic mass is 10.2. The van der Waals surface area contributed by atoms with Gasteiger partial charge in [0.25, 0.3) is 5.69 Å². The number of non-ortho nitro benzene ring substituents is 1. The largest absolute Gasteiger partial charge is 0.455 e. The van der Waals surface area contributed by atoms with Crippen molar-refractivity contribution in [2.24, 2.45) is 0 Å². The molecule has 0 aliphatic rings. The molecular formula is C13H10N2O4. The molecule has 6 nitrogen and oxygen atoms in total. The van der Waals surface area contributed by atoms with Crippen molar-refractivity contribution in [1.29, 1.82) is 0 Å². The van der Waals surface area contributed by atoms with Crippen LogP contribution < -0.4 is 10.1 Å². The molecule has 0 radical (unpaired) electrons. The summed E-state index contributed by atoms with van der Waals surface area (Å²) in [7, 11) is 0. The summed E-state index contributed by atoms with van der Waals surface area (Å²) in [4.78, 5) is 20.7. The number of para-hydroxylation sites is 1. The molecule has 0 saturated heterocycles. The van der Waals surface area contributed by atoms with Gasteiger partial charge in [0, 0.05) is 12.1 Å². The van der Waals surface area contributed by atoms with E-state index in [2.05, 4.69) is 5.32 Å². The molecule has 0 heterocycles. The van der Waals surface area contributed by atoms with E-state index in [0.717, 1.165) is 0 Å². The fraction of sp³-hybridized carbons (Fsp3) is 0. The summed E-state index contributed by atoms with van der Waals surface area (Å²) in [6.45, 7) is 0. The molecule has 1 N–H and O–H groups in total. The number of carbonyl (C=O) groups is 1. The topological polar surface area (TPSA) is 81.5 Å². The van der Waals surface area contributed by atoms with Crippen LogP contribution in [-0.4, -0.2) is 11.3 Å². The summed E-state index contributed by atoms with van der Waals surface area (Å²) in [5.74, 6) is 0.911. The normalized spacial score (nSPS) is 9.68. The molecule has 1 amide bonds. The van der Waals surface area contributed by atoms with Gasteiger partial charge in [-0.05, 0) is 18.2 Å². The maximum Gasteiger partial charge on any atom is 0.271 e. The number of nitro benzene ring substituents is 1. The number of benzene rings is 2. The third-order valence-electron chi connectivity index (χ3n) is 2.36. The molecular weight excluding hydrogens is 248 g/mol. The molecule has 0 unspecified atom stereocenters. The number of nitrogens with zero attached hydrogens (tertiary/aromatic N) is 1. The van der Waals surface area contributed by atoms with Gasteiger partial charge in [0.05, 0.1) is 10.6 Å². The first-order valence-corrected chi connectivity index (χ1v) is 5.42. The molecule has 0 spiro atoms. The number of rotatable bonds is 5. The lowest BCUT2D eigenvalue weighted by molar-refractivity contribution is -0.384. The average molecular weight is 258 g/mol. The first-order valence-electron chi connectivity index (χ1n) is 5.42. The first kappa shape index (κ1) is 12.6. The Morgan fingerprint density at radius 1 is 1.16 bits per heavy atom. The van der Waals surface area contributed by atoms with Gasteiger partial charge in [-0.1, -0.05) is 18.2 Å². The summed E-state index contributed by atoms with van der Waals surface area (Å²) >= 11 is 0. The Bertz CT molecular complexity index is 599. The minimum absolute atomic E-state index is 0.121. The monoisotopic (exact) mass is 258 g/mol. The number of nitrogens with one attached hydrogen (secondary N) is 1. The van der Waals surface area contributed by atoms with Crippen molar-refractivity contribution in [3.63, 3.8) is 0 Å². The summed E-state index contributed by atoms with van der Waals surface area (Å²) < 4.78 is 5.55. The van der Waals surface area contributed by atoms with E-state index < -0.39 is 4.92 Å². The fourth-order valence-electron chi connectivity index (χ4n) is 1.51. The second-order valence-electron chi connectivity index (χ2n) is 3.61. The lowest BCUT2D eigenvalue weighted by Crippen LogP contribution is -1.98. The van der Waals surface area contributed by atoms with Gasteiger partial charge >= 0.3 is 0 Å². The van der Waals surface area contributed by atoms with E-state index in [4.69, 9.17) is 4.74 Å². The number of carbonyl (C=O) groups excluding carboxylic acids is 1. The Kier molecular flexibility index (Phi) is 3.72. The molecule has 96 valence electrons. The third kappa shape index (κ3) is 3.06. The highest BCUT2D eigenvalue weighted by molar-refractivity contribution is 5.77. The van der Waals surface area contributed by atoms with E-state index in [-0.39, 0.29) is 11.4 Å². The van der Waals surface area contributed by atoms with Crippen molar-refractivity contribution in [2.45, 2.75) is 0 Å².